The number of unbranched alkanes of at least 4 members (excludes halogenated alkanes) is 2. The highest BCUT2D eigenvalue weighted by Crippen LogP contribution is 2.11. The molecule has 0 aromatic heterocycles. The van der Waals surface area contributed by atoms with Crippen molar-refractivity contribution in [1.29, 1.82) is 0 Å². The molecule has 0 saturated carbocycles. The molecule has 1 aromatic rings. The van der Waals surface area contributed by atoms with Gasteiger partial charge in [0, 0.05) is 11.6 Å². The molecule has 0 radical (unpaired) electrons. The first-order valence-corrected chi connectivity index (χ1v) is 6.73. The van der Waals surface area contributed by atoms with Crippen LogP contribution in [0, 0.1) is 0 Å². The molecule has 0 fully saturated rings. The average molecular weight is 256 g/mol. The summed E-state index contributed by atoms with van der Waals surface area (Å²) in [5.74, 6) is 0. The number of hydrogen-bond donors (Lipinski definition) is 1. The van der Waals surface area contributed by atoms with Gasteiger partial charge in [-0.1, -0.05) is 30.7 Å². The first-order chi connectivity index (χ1) is 8.33. The predicted octanol–water partition coefficient (Wildman–Crippen LogP) is 3.64. The van der Waals surface area contributed by atoms with E-state index in [1.54, 1.807) is 0 Å². The van der Waals surface area contributed by atoms with Crippen molar-refractivity contribution in [2.24, 2.45) is 0 Å². The average Bonchev–Trinajstić information content (AvgIpc) is 2.33. The SMILES string of the molecule is CCNCCCCCOCc1cccc(Cl)c1. The molecular formula is C14H22ClNO. The van der Waals surface area contributed by atoms with Crippen LogP contribution in [0.2, 0.25) is 5.02 Å². The van der Waals surface area contributed by atoms with Gasteiger partial charge in [-0.25, -0.2) is 0 Å². The molecule has 0 saturated heterocycles. The number of hydrogen-bond acceptors (Lipinski definition) is 2. The van der Waals surface area contributed by atoms with E-state index >= 15 is 0 Å². The molecule has 2 nitrogen and oxygen atoms in total. The Kier molecular flexibility index (Phi) is 8.06. The van der Waals surface area contributed by atoms with Crippen LogP contribution in [-0.4, -0.2) is 19.7 Å². The third-order valence-corrected chi connectivity index (χ3v) is 2.79. The highest BCUT2D eigenvalue weighted by atomic mass is 35.5. The molecule has 0 unspecified atom stereocenters. The van der Waals surface area contributed by atoms with Crippen LogP contribution < -0.4 is 5.32 Å². The fourth-order valence-corrected chi connectivity index (χ4v) is 1.84. The number of halogens is 1. The zero-order valence-electron chi connectivity index (χ0n) is 10.5. The van der Waals surface area contributed by atoms with Crippen molar-refractivity contribution in [3.8, 4) is 0 Å². The maximum Gasteiger partial charge on any atom is 0.0717 e. The van der Waals surface area contributed by atoms with Crippen LogP contribution in [0.3, 0.4) is 0 Å². The maximum absolute atomic E-state index is 5.89. The Hall–Kier alpha value is -0.570. The summed E-state index contributed by atoms with van der Waals surface area (Å²) >= 11 is 5.89. The Balaban J connectivity index is 1.97. The van der Waals surface area contributed by atoms with Gasteiger partial charge in [-0.3, -0.25) is 0 Å². The zero-order valence-corrected chi connectivity index (χ0v) is 11.3. The summed E-state index contributed by atoms with van der Waals surface area (Å²) in [5, 5.41) is 4.09. The van der Waals surface area contributed by atoms with Crippen molar-refractivity contribution < 1.29 is 4.74 Å². The number of ether oxygens (including phenoxy) is 1. The molecule has 17 heavy (non-hydrogen) atoms. The monoisotopic (exact) mass is 255 g/mol. The molecule has 1 N–H and O–H groups in total. The Morgan fingerprint density at radius 3 is 2.88 bits per heavy atom. The molecule has 96 valence electrons. The van der Waals surface area contributed by atoms with Crippen LogP contribution >= 0.6 is 11.6 Å². The zero-order chi connectivity index (χ0) is 12.3. The fraction of sp³-hybridized carbons (Fsp3) is 0.571. The maximum atomic E-state index is 5.89. The lowest BCUT2D eigenvalue weighted by molar-refractivity contribution is 0.117. The topological polar surface area (TPSA) is 21.3 Å². The molecule has 0 aliphatic carbocycles. The Morgan fingerprint density at radius 1 is 1.24 bits per heavy atom. The van der Waals surface area contributed by atoms with Gasteiger partial charge >= 0.3 is 0 Å². The van der Waals surface area contributed by atoms with E-state index in [-0.39, 0.29) is 0 Å². The lowest BCUT2D eigenvalue weighted by Crippen LogP contribution is -2.13. The summed E-state index contributed by atoms with van der Waals surface area (Å²) in [6, 6.07) is 7.83. The van der Waals surface area contributed by atoms with Gasteiger partial charge < -0.3 is 10.1 Å². The van der Waals surface area contributed by atoms with Gasteiger partial charge in [0.25, 0.3) is 0 Å². The van der Waals surface area contributed by atoms with E-state index in [1.807, 2.05) is 24.3 Å². The van der Waals surface area contributed by atoms with Crippen molar-refractivity contribution in [2.75, 3.05) is 19.7 Å². The molecule has 0 spiro atoms. The van der Waals surface area contributed by atoms with Gasteiger partial charge in [0.05, 0.1) is 6.61 Å². The minimum atomic E-state index is 0.660. The van der Waals surface area contributed by atoms with Gasteiger partial charge in [0.15, 0.2) is 0 Å². The Labute approximate surface area is 109 Å². The first kappa shape index (κ1) is 14.5. The molecule has 1 aromatic carbocycles. The van der Waals surface area contributed by atoms with Crippen molar-refractivity contribution in [1.82, 2.24) is 5.32 Å². The summed E-state index contributed by atoms with van der Waals surface area (Å²) in [6.45, 7) is 5.80. The van der Waals surface area contributed by atoms with Crippen molar-refractivity contribution >= 4 is 11.6 Å². The van der Waals surface area contributed by atoms with Crippen LogP contribution in [0.15, 0.2) is 24.3 Å². The van der Waals surface area contributed by atoms with Gasteiger partial charge in [-0.15, -0.1) is 0 Å². The molecule has 0 heterocycles. The highest BCUT2D eigenvalue weighted by molar-refractivity contribution is 6.30. The van der Waals surface area contributed by atoms with Crippen molar-refractivity contribution in [2.45, 2.75) is 32.8 Å². The summed E-state index contributed by atoms with van der Waals surface area (Å²) in [5.41, 5.74) is 1.14. The normalized spacial score (nSPS) is 10.7. The quantitative estimate of drug-likeness (QED) is 0.681. The van der Waals surface area contributed by atoms with E-state index in [0.717, 1.165) is 36.7 Å². The second kappa shape index (κ2) is 9.46. The van der Waals surface area contributed by atoms with E-state index in [0.29, 0.717) is 6.61 Å². The molecule has 0 amide bonds. The molecule has 0 atom stereocenters. The van der Waals surface area contributed by atoms with E-state index in [1.165, 1.54) is 12.8 Å². The second-order valence-corrected chi connectivity index (χ2v) is 4.53. The summed E-state index contributed by atoms with van der Waals surface area (Å²) in [7, 11) is 0. The fourth-order valence-electron chi connectivity index (χ4n) is 1.62. The summed E-state index contributed by atoms with van der Waals surface area (Å²) in [6.07, 6.45) is 3.59. The number of benzene rings is 1. The van der Waals surface area contributed by atoms with Gasteiger partial charge in [0.2, 0.25) is 0 Å². The smallest absolute Gasteiger partial charge is 0.0717 e. The van der Waals surface area contributed by atoms with Gasteiger partial charge in [-0.05, 0) is 50.0 Å². The van der Waals surface area contributed by atoms with E-state index in [4.69, 9.17) is 16.3 Å². The third-order valence-electron chi connectivity index (χ3n) is 2.55. The molecule has 0 aliphatic heterocycles. The Bertz CT molecular complexity index is 304. The molecule has 0 aliphatic rings. The molecular weight excluding hydrogens is 234 g/mol. The van der Waals surface area contributed by atoms with Crippen LogP contribution in [0.4, 0.5) is 0 Å². The second-order valence-electron chi connectivity index (χ2n) is 4.10. The first-order valence-electron chi connectivity index (χ1n) is 6.36. The van der Waals surface area contributed by atoms with Crippen LogP contribution in [0.25, 0.3) is 0 Å². The van der Waals surface area contributed by atoms with Crippen LogP contribution in [-0.2, 0) is 11.3 Å². The van der Waals surface area contributed by atoms with Gasteiger partial charge in [-0.2, -0.15) is 0 Å². The molecule has 0 bridgehead atoms. The van der Waals surface area contributed by atoms with Crippen molar-refractivity contribution in [3.63, 3.8) is 0 Å². The molecule has 1 rings (SSSR count). The highest BCUT2D eigenvalue weighted by Gasteiger charge is 1.95. The summed E-state index contributed by atoms with van der Waals surface area (Å²) < 4.78 is 5.60. The number of nitrogens with one attached hydrogen (secondary N) is 1. The lowest BCUT2D eigenvalue weighted by atomic mass is 10.2. The largest absolute Gasteiger partial charge is 0.377 e. The Morgan fingerprint density at radius 2 is 2.12 bits per heavy atom. The number of rotatable bonds is 9. The molecule has 3 heteroatoms. The van der Waals surface area contributed by atoms with E-state index in [9.17, 15) is 0 Å². The standard InChI is InChI=1S/C14H22ClNO/c1-2-16-9-4-3-5-10-17-12-13-7-6-8-14(15)11-13/h6-8,11,16H,2-5,9-10,12H2,1H3. The van der Waals surface area contributed by atoms with E-state index in [2.05, 4.69) is 12.2 Å². The van der Waals surface area contributed by atoms with Crippen molar-refractivity contribution in [3.05, 3.63) is 34.9 Å². The minimum absolute atomic E-state index is 0.660. The predicted molar refractivity (Wildman–Crippen MR) is 73.5 cm³/mol. The third kappa shape index (κ3) is 7.37. The lowest BCUT2D eigenvalue weighted by Gasteiger charge is -2.05. The van der Waals surface area contributed by atoms with Gasteiger partial charge in [0.1, 0.15) is 0 Å². The van der Waals surface area contributed by atoms with Crippen LogP contribution in [0.5, 0.6) is 0 Å². The van der Waals surface area contributed by atoms with Crippen LogP contribution in [0.1, 0.15) is 31.7 Å². The summed E-state index contributed by atoms with van der Waals surface area (Å²) in [4.78, 5) is 0. The van der Waals surface area contributed by atoms with E-state index < -0.39 is 0 Å². The minimum Gasteiger partial charge on any atom is -0.377 e.